The van der Waals surface area contributed by atoms with Crippen molar-refractivity contribution in [3.05, 3.63) is 86.1 Å². The Balaban J connectivity index is 1.76. The summed E-state index contributed by atoms with van der Waals surface area (Å²) >= 11 is 1.33. The van der Waals surface area contributed by atoms with E-state index in [-0.39, 0.29) is 11.3 Å². The van der Waals surface area contributed by atoms with E-state index in [1.807, 2.05) is 12.1 Å². The van der Waals surface area contributed by atoms with Crippen LogP contribution in [0.1, 0.15) is 50.8 Å². The number of terminal acetylenes is 1. The first kappa shape index (κ1) is 18.7. The third-order valence-electron chi connectivity index (χ3n) is 5.69. The third-order valence-corrected chi connectivity index (χ3v) is 6.80. The molecule has 148 valence electrons. The number of esters is 1. The van der Waals surface area contributed by atoms with E-state index in [1.54, 1.807) is 6.07 Å². The molecular formula is C25H19NO3S. The lowest BCUT2D eigenvalue weighted by Crippen LogP contribution is -2.20. The van der Waals surface area contributed by atoms with Gasteiger partial charge in [-0.1, -0.05) is 48.4 Å². The maximum atomic E-state index is 13.1. The first-order chi connectivity index (χ1) is 14.6. The lowest BCUT2D eigenvalue weighted by atomic mass is 9.95. The number of carbonyl (C=O) groups is 1. The van der Waals surface area contributed by atoms with Crippen molar-refractivity contribution in [3.63, 3.8) is 0 Å². The summed E-state index contributed by atoms with van der Waals surface area (Å²) in [6, 6.07) is 16.2. The predicted molar refractivity (Wildman–Crippen MR) is 120 cm³/mol. The molecule has 0 unspecified atom stereocenters. The zero-order valence-corrected chi connectivity index (χ0v) is 17.3. The monoisotopic (exact) mass is 413 g/mol. The van der Waals surface area contributed by atoms with Gasteiger partial charge in [0.25, 0.3) is 5.56 Å². The average Bonchev–Trinajstić information content (AvgIpc) is 3.52. The van der Waals surface area contributed by atoms with Crippen LogP contribution in [0.25, 0.3) is 15.6 Å². The molecule has 0 atom stereocenters. The van der Waals surface area contributed by atoms with Crippen LogP contribution >= 0.6 is 11.3 Å². The van der Waals surface area contributed by atoms with Crippen molar-refractivity contribution in [1.29, 1.82) is 0 Å². The van der Waals surface area contributed by atoms with Crippen molar-refractivity contribution in [3.8, 4) is 12.3 Å². The Morgan fingerprint density at radius 1 is 1.20 bits per heavy atom. The molecule has 2 aromatic heterocycles. The van der Waals surface area contributed by atoms with Crippen molar-refractivity contribution in [2.24, 2.45) is 0 Å². The van der Waals surface area contributed by atoms with Crippen molar-refractivity contribution in [2.45, 2.75) is 25.2 Å². The number of ether oxygens (including phenoxy) is 1. The quantitative estimate of drug-likeness (QED) is 0.358. The lowest BCUT2D eigenvalue weighted by molar-refractivity contribution is 0.0592. The Morgan fingerprint density at radius 3 is 2.70 bits per heavy atom. The van der Waals surface area contributed by atoms with Gasteiger partial charge < -0.3 is 4.74 Å². The van der Waals surface area contributed by atoms with E-state index >= 15 is 0 Å². The summed E-state index contributed by atoms with van der Waals surface area (Å²) in [5.74, 6) is 2.37. The number of aromatic nitrogens is 1. The minimum atomic E-state index is -0.583. The smallest absolute Gasteiger partial charge is 0.357 e. The second kappa shape index (κ2) is 7.16. The van der Waals surface area contributed by atoms with Gasteiger partial charge in [0.2, 0.25) is 0 Å². The number of nitrogens with zero attached hydrogens (tertiary/aromatic N) is 1. The second-order valence-electron chi connectivity index (χ2n) is 7.57. The molecule has 0 aliphatic heterocycles. The largest absolute Gasteiger partial charge is 0.464 e. The number of carbonyl (C=O) groups excluding carboxylic acids is 1. The van der Waals surface area contributed by atoms with E-state index in [9.17, 15) is 9.59 Å². The Bertz CT molecular complexity index is 1410. The first-order valence-corrected chi connectivity index (χ1v) is 10.7. The van der Waals surface area contributed by atoms with Crippen LogP contribution in [0.5, 0.6) is 0 Å². The number of rotatable bonds is 4. The van der Waals surface area contributed by atoms with Crippen LogP contribution in [0, 0.1) is 12.3 Å². The Kier molecular flexibility index (Phi) is 4.45. The number of hydrogen-bond acceptors (Lipinski definition) is 4. The summed E-state index contributed by atoms with van der Waals surface area (Å²) in [6.07, 6.45) is 8.48. The molecule has 1 aliphatic carbocycles. The Hall–Kier alpha value is -3.36. The van der Waals surface area contributed by atoms with E-state index in [2.05, 4.69) is 36.3 Å². The van der Waals surface area contributed by atoms with Crippen LogP contribution in [-0.4, -0.2) is 17.5 Å². The van der Waals surface area contributed by atoms with Crippen molar-refractivity contribution in [1.82, 2.24) is 4.40 Å². The normalized spacial score (nSPS) is 13.5. The number of pyridine rings is 1. The van der Waals surface area contributed by atoms with E-state index in [1.165, 1.54) is 39.2 Å². The Labute approximate surface area is 177 Å². The maximum Gasteiger partial charge on any atom is 0.357 e. The van der Waals surface area contributed by atoms with Gasteiger partial charge in [-0.15, -0.1) is 17.8 Å². The number of hydrogen-bond donors (Lipinski definition) is 0. The first-order valence-electron chi connectivity index (χ1n) is 9.85. The SMILES string of the molecule is C#Cc1sc2c(C3CC3)c(Cc3cccc4ccccc34)cc(=O)n2c1C(=O)OC. The fraction of sp³-hybridized carbons (Fsp3) is 0.200. The molecule has 0 bridgehead atoms. The second-order valence-corrected chi connectivity index (χ2v) is 8.57. The number of fused-ring (bicyclic) bond motifs is 2. The van der Waals surface area contributed by atoms with Gasteiger partial charge in [-0.3, -0.25) is 9.20 Å². The number of methoxy groups -OCH3 is 1. The number of thiazole rings is 1. The molecule has 0 radical (unpaired) electrons. The molecule has 1 fully saturated rings. The van der Waals surface area contributed by atoms with Gasteiger partial charge in [-0.2, -0.15) is 0 Å². The molecular weight excluding hydrogens is 394 g/mol. The van der Waals surface area contributed by atoms with Gasteiger partial charge in [0.15, 0.2) is 5.69 Å². The average molecular weight is 413 g/mol. The molecule has 0 amide bonds. The lowest BCUT2D eigenvalue weighted by Gasteiger charge is -2.13. The molecule has 5 rings (SSSR count). The van der Waals surface area contributed by atoms with Gasteiger partial charge in [-0.05, 0) is 52.6 Å². The minimum absolute atomic E-state index is 0.156. The summed E-state index contributed by atoms with van der Waals surface area (Å²) in [4.78, 5) is 26.7. The van der Waals surface area contributed by atoms with Crippen LogP contribution < -0.4 is 5.56 Å². The van der Waals surface area contributed by atoms with Gasteiger partial charge in [0.05, 0.1) is 7.11 Å². The zero-order valence-electron chi connectivity index (χ0n) is 16.5. The summed E-state index contributed by atoms with van der Waals surface area (Å²) in [5.41, 5.74) is 3.24. The van der Waals surface area contributed by atoms with Gasteiger partial charge in [0, 0.05) is 6.07 Å². The third kappa shape index (κ3) is 2.92. The highest BCUT2D eigenvalue weighted by atomic mass is 32.1. The van der Waals surface area contributed by atoms with Gasteiger partial charge in [0.1, 0.15) is 9.71 Å². The molecule has 30 heavy (non-hydrogen) atoms. The molecule has 4 nitrogen and oxygen atoms in total. The van der Waals surface area contributed by atoms with E-state index < -0.39 is 5.97 Å². The van der Waals surface area contributed by atoms with Crippen LogP contribution in [0.3, 0.4) is 0 Å². The molecule has 5 heteroatoms. The minimum Gasteiger partial charge on any atom is -0.464 e. The fourth-order valence-corrected chi connectivity index (χ4v) is 5.40. The van der Waals surface area contributed by atoms with Gasteiger partial charge >= 0.3 is 5.97 Å². The van der Waals surface area contributed by atoms with Crippen LogP contribution in [0.4, 0.5) is 0 Å². The Morgan fingerprint density at radius 2 is 1.97 bits per heavy atom. The summed E-state index contributed by atoms with van der Waals surface area (Å²) in [7, 11) is 1.30. The van der Waals surface area contributed by atoms with Crippen LogP contribution in [-0.2, 0) is 11.2 Å². The maximum absolute atomic E-state index is 13.1. The molecule has 2 aromatic carbocycles. The van der Waals surface area contributed by atoms with Crippen LogP contribution in [0.15, 0.2) is 53.3 Å². The number of benzene rings is 2. The van der Waals surface area contributed by atoms with Crippen molar-refractivity contribution in [2.75, 3.05) is 7.11 Å². The zero-order chi connectivity index (χ0) is 20.8. The van der Waals surface area contributed by atoms with Crippen LogP contribution in [0.2, 0.25) is 0 Å². The molecule has 0 N–H and O–H groups in total. The topological polar surface area (TPSA) is 47.8 Å². The molecule has 1 aliphatic rings. The van der Waals surface area contributed by atoms with E-state index in [4.69, 9.17) is 11.2 Å². The highest BCUT2D eigenvalue weighted by molar-refractivity contribution is 7.18. The van der Waals surface area contributed by atoms with E-state index in [0.717, 1.165) is 28.8 Å². The predicted octanol–water partition coefficient (Wildman–Crippen LogP) is 4.75. The van der Waals surface area contributed by atoms with Crippen molar-refractivity contribution < 1.29 is 9.53 Å². The highest BCUT2D eigenvalue weighted by Crippen LogP contribution is 2.45. The standard InChI is InChI=1S/C25H19NO3S/c1-3-20-23(25(28)29-2)26-21(27)14-18(22(16-11-12-16)24(26)30-20)13-17-9-6-8-15-7-4-5-10-19(15)17/h1,4-10,14,16H,11-13H2,2H3. The molecule has 0 spiro atoms. The summed E-state index contributed by atoms with van der Waals surface area (Å²) in [5, 5.41) is 2.37. The van der Waals surface area contributed by atoms with Gasteiger partial charge in [-0.25, -0.2) is 4.79 Å². The molecule has 2 heterocycles. The molecule has 0 saturated heterocycles. The van der Waals surface area contributed by atoms with E-state index in [0.29, 0.717) is 17.2 Å². The van der Waals surface area contributed by atoms with Crippen molar-refractivity contribution >= 4 is 32.9 Å². The molecule has 1 saturated carbocycles. The molecule has 4 aromatic rings. The highest BCUT2D eigenvalue weighted by Gasteiger charge is 2.32. The summed E-state index contributed by atoms with van der Waals surface area (Å²) in [6.45, 7) is 0. The summed E-state index contributed by atoms with van der Waals surface area (Å²) < 4.78 is 6.35. The fourth-order valence-electron chi connectivity index (χ4n) is 4.19.